The quantitative estimate of drug-likeness (QED) is 0.855. The number of rotatable bonds is 4. The Bertz CT molecular complexity index is 565. The van der Waals surface area contributed by atoms with Gasteiger partial charge in [-0.25, -0.2) is 4.79 Å². The molecule has 1 saturated heterocycles. The molecule has 1 aliphatic rings. The second-order valence-electron chi connectivity index (χ2n) is 4.54. The van der Waals surface area contributed by atoms with E-state index in [9.17, 15) is 14.4 Å². The number of carboxylic acids is 1. The van der Waals surface area contributed by atoms with Crippen LogP contribution in [0.3, 0.4) is 0 Å². The second-order valence-corrected chi connectivity index (χ2v) is 5.77. The Morgan fingerprint density at radius 2 is 2.25 bits per heavy atom. The van der Waals surface area contributed by atoms with Gasteiger partial charge in [-0.2, -0.15) is 0 Å². The van der Waals surface area contributed by atoms with Gasteiger partial charge in [0.25, 0.3) is 0 Å². The van der Waals surface area contributed by atoms with Crippen molar-refractivity contribution in [2.24, 2.45) is 5.92 Å². The molecule has 2 rings (SSSR count). The number of aliphatic carboxylic acids is 1. The van der Waals surface area contributed by atoms with Crippen molar-refractivity contribution in [2.75, 3.05) is 18.1 Å². The number of carboxylic acid groups (broad SMARTS) is 1. The van der Waals surface area contributed by atoms with E-state index < -0.39 is 17.9 Å². The van der Waals surface area contributed by atoms with Crippen LogP contribution >= 0.6 is 11.3 Å². The molecular formula is C13H15NO5S. The third kappa shape index (κ3) is 2.67. The van der Waals surface area contributed by atoms with Crippen LogP contribution in [0.5, 0.6) is 0 Å². The van der Waals surface area contributed by atoms with Crippen LogP contribution in [0.4, 0.5) is 5.00 Å². The van der Waals surface area contributed by atoms with E-state index in [0.29, 0.717) is 10.6 Å². The van der Waals surface area contributed by atoms with Crippen molar-refractivity contribution in [1.29, 1.82) is 0 Å². The highest BCUT2D eigenvalue weighted by molar-refractivity contribution is 7.16. The molecule has 1 aliphatic heterocycles. The zero-order chi connectivity index (χ0) is 14.9. The number of amides is 1. The highest BCUT2D eigenvalue weighted by Gasteiger charge is 2.37. The first kappa shape index (κ1) is 14.5. The smallest absolute Gasteiger partial charge is 0.341 e. The molecule has 1 aromatic heterocycles. The number of nitrogens with zero attached hydrogens (tertiary/aromatic N) is 1. The Kier molecular flexibility index (Phi) is 4.08. The topological polar surface area (TPSA) is 83.9 Å². The van der Waals surface area contributed by atoms with Crippen molar-refractivity contribution in [1.82, 2.24) is 0 Å². The third-order valence-electron chi connectivity index (χ3n) is 3.05. The molecule has 1 unspecified atom stereocenters. The molecule has 0 bridgehead atoms. The predicted molar refractivity (Wildman–Crippen MR) is 73.1 cm³/mol. The SMILES string of the molecule is CCOC(=O)c1cc(C)sc1N1CC(C(=O)O)CC1=O. The summed E-state index contributed by atoms with van der Waals surface area (Å²) in [4.78, 5) is 37.1. The number of ether oxygens (including phenoxy) is 1. The number of thiophene rings is 1. The van der Waals surface area contributed by atoms with Crippen molar-refractivity contribution in [3.8, 4) is 0 Å². The number of carbonyl (C=O) groups is 3. The van der Waals surface area contributed by atoms with E-state index in [1.807, 2.05) is 6.92 Å². The number of anilines is 1. The minimum absolute atomic E-state index is 0.0332. The van der Waals surface area contributed by atoms with Gasteiger partial charge in [0.05, 0.1) is 18.1 Å². The number of carbonyl (C=O) groups excluding carboxylic acids is 2. The summed E-state index contributed by atoms with van der Waals surface area (Å²) in [7, 11) is 0. The molecular weight excluding hydrogens is 282 g/mol. The van der Waals surface area contributed by atoms with Gasteiger partial charge in [0.15, 0.2) is 0 Å². The molecule has 7 heteroatoms. The number of hydrogen-bond donors (Lipinski definition) is 1. The van der Waals surface area contributed by atoms with Gasteiger partial charge in [-0.05, 0) is 19.9 Å². The summed E-state index contributed by atoms with van der Waals surface area (Å²) in [6.07, 6.45) is -0.0332. The Hall–Kier alpha value is -1.89. The first-order valence-electron chi connectivity index (χ1n) is 6.24. The summed E-state index contributed by atoms with van der Waals surface area (Å²) in [6.45, 7) is 3.88. The number of hydrogen-bond acceptors (Lipinski definition) is 5. The molecule has 2 heterocycles. The molecule has 0 spiro atoms. The van der Waals surface area contributed by atoms with Crippen molar-refractivity contribution in [3.05, 3.63) is 16.5 Å². The number of aryl methyl sites for hydroxylation is 1. The largest absolute Gasteiger partial charge is 0.481 e. The number of esters is 1. The van der Waals surface area contributed by atoms with E-state index in [2.05, 4.69) is 0 Å². The summed E-state index contributed by atoms with van der Waals surface area (Å²) in [6, 6.07) is 1.67. The van der Waals surface area contributed by atoms with Gasteiger partial charge >= 0.3 is 11.9 Å². The van der Waals surface area contributed by atoms with Crippen LogP contribution in [-0.2, 0) is 14.3 Å². The molecule has 1 atom stereocenters. The predicted octanol–water partition coefficient (Wildman–Crippen LogP) is 1.67. The lowest BCUT2D eigenvalue weighted by Crippen LogP contribution is -2.26. The molecule has 1 N–H and O–H groups in total. The van der Waals surface area contributed by atoms with Gasteiger partial charge < -0.3 is 14.7 Å². The van der Waals surface area contributed by atoms with Crippen molar-refractivity contribution >= 4 is 34.2 Å². The van der Waals surface area contributed by atoms with E-state index in [-0.39, 0.29) is 25.5 Å². The van der Waals surface area contributed by atoms with Crippen LogP contribution in [-0.4, -0.2) is 36.1 Å². The van der Waals surface area contributed by atoms with Crippen LogP contribution in [0.25, 0.3) is 0 Å². The van der Waals surface area contributed by atoms with Crippen molar-refractivity contribution in [2.45, 2.75) is 20.3 Å². The molecule has 0 aliphatic carbocycles. The lowest BCUT2D eigenvalue weighted by Gasteiger charge is -2.15. The molecule has 1 aromatic rings. The standard InChI is InChI=1S/C13H15NO5S/c1-3-19-13(18)9-4-7(2)20-11(9)14-6-8(12(16)17)5-10(14)15/h4,8H,3,5-6H2,1-2H3,(H,16,17). The lowest BCUT2D eigenvalue weighted by molar-refractivity contribution is -0.141. The average molecular weight is 297 g/mol. The fourth-order valence-corrected chi connectivity index (χ4v) is 3.15. The molecule has 108 valence electrons. The van der Waals surface area contributed by atoms with Gasteiger partial charge in [-0.15, -0.1) is 11.3 Å². The molecule has 6 nitrogen and oxygen atoms in total. The average Bonchev–Trinajstić information content (AvgIpc) is 2.92. The molecule has 0 saturated carbocycles. The Morgan fingerprint density at radius 1 is 1.55 bits per heavy atom. The monoisotopic (exact) mass is 297 g/mol. The van der Waals surface area contributed by atoms with E-state index in [1.54, 1.807) is 13.0 Å². The summed E-state index contributed by atoms with van der Waals surface area (Å²) >= 11 is 1.29. The molecule has 1 amide bonds. The lowest BCUT2D eigenvalue weighted by atomic mass is 10.1. The van der Waals surface area contributed by atoms with E-state index in [0.717, 1.165) is 4.88 Å². The summed E-state index contributed by atoms with van der Waals surface area (Å²) in [5.41, 5.74) is 0.328. The third-order valence-corrected chi connectivity index (χ3v) is 4.12. The first-order chi connectivity index (χ1) is 9.43. The van der Waals surface area contributed by atoms with Gasteiger partial charge in [-0.3, -0.25) is 9.59 Å². The Balaban J connectivity index is 2.31. The zero-order valence-electron chi connectivity index (χ0n) is 11.2. The maximum Gasteiger partial charge on any atom is 0.341 e. The van der Waals surface area contributed by atoms with Crippen LogP contribution < -0.4 is 4.90 Å². The van der Waals surface area contributed by atoms with E-state index >= 15 is 0 Å². The van der Waals surface area contributed by atoms with Gasteiger partial charge in [-0.1, -0.05) is 0 Å². The second kappa shape index (κ2) is 5.62. The highest BCUT2D eigenvalue weighted by Crippen LogP contribution is 2.35. The van der Waals surface area contributed by atoms with Gasteiger partial charge in [0.1, 0.15) is 5.00 Å². The molecule has 0 aromatic carbocycles. The van der Waals surface area contributed by atoms with E-state index in [1.165, 1.54) is 16.2 Å². The van der Waals surface area contributed by atoms with Crippen LogP contribution in [0.1, 0.15) is 28.6 Å². The van der Waals surface area contributed by atoms with Gasteiger partial charge in [0.2, 0.25) is 5.91 Å². The molecule has 1 fully saturated rings. The minimum atomic E-state index is -0.994. The molecule has 20 heavy (non-hydrogen) atoms. The summed E-state index contributed by atoms with van der Waals surface area (Å²) in [5, 5.41) is 9.48. The van der Waals surface area contributed by atoms with Crippen LogP contribution in [0.15, 0.2) is 6.07 Å². The van der Waals surface area contributed by atoms with Crippen LogP contribution in [0, 0.1) is 12.8 Å². The fourth-order valence-electron chi connectivity index (χ4n) is 2.13. The maximum absolute atomic E-state index is 11.9. The van der Waals surface area contributed by atoms with Gasteiger partial charge in [0, 0.05) is 17.8 Å². The van der Waals surface area contributed by atoms with Crippen LogP contribution in [0.2, 0.25) is 0 Å². The fraction of sp³-hybridized carbons (Fsp3) is 0.462. The first-order valence-corrected chi connectivity index (χ1v) is 7.06. The summed E-state index contributed by atoms with van der Waals surface area (Å²) < 4.78 is 4.96. The maximum atomic E-state index is 11.9. The van der Waals surface area contributed by atoms with E-state index in [4.69, 9.17) is 9.84 Å². The Morgan fingerprint density at radius 3 is 2.80 bits per heavy atom. The normalized spacial score (nSPS) is 18.4. The summed E-state index contributed by atoms with van der Waals surface area (Å²) in [5.74, 6) is -2.48. The van der Waals surface area contributed by atoms with Crippen molar-refractivity contribution in [3.63, 3.8) is 0 Å². The molecule has 0 radical (unpaired) electrons. The Labute approximate surface area is 120 Å². The highest BCUT2D eigenvalue weighted by atomic mass is 32.1. The zero-order valence-corrected chi connectivity index (χ0v) is 12.0. The minimum Gasteiger partial charge on any atom is -0.481 e. The van der Waals surface area contributed by atoms with Crippen molar-refractivity contribution < 1.29 is 24.2 Å².